The Balaban J connectivity index is 1.89. The Morgan fingerprint density at radius 2 is 1.66 bits per heavy atom. The summed E-state index contributed by atoms with van der Waals surface area (Å²) in [6.07, 6.45) is 0. The first-order chi connectivity index (χ1) is 15.3. The topological polar surface area (TPSA) is 75.7 Å². The van der Waals surface area contributed by atoms with Gasteiger partial charge in [-0.05, 0) is 48.9 Å². The standard InChI is InChI=1S/C23H22Cl2N2O4S/c1-3-27(17-7-5-4-6-8-17)32(29,30)22-13-19(20(24)14-21(22)25)23(28)26-15-16-9-11-18(31-2)12-10-16/h4-14H,3,15H2,1-2H3,(H,26,28). The second kappa shape index (κ2) is 10.3. The number of para-hydroxylation sites is 1. The minimum absolute atomic E-state index is 0.0206. The predicted octanol–water partition coefficient (Wildman–Crippen LogP) is 5.15. The number of anilines is 1. The molecular formula is C23H22Cl2N2O4S. The van der Waals surface area contributed by atoms with E-state index < -0.39 is 15.9 Å². The van der Waals surface area contributed by atoms with Gasteiger partial charge in [0.15, 0.2) is 0 Å². The molecule has 0 aromatic heterocycles. The first-order valence-electron chi connectivity index (χ1n) is 9.76. The zero-order chi connectivity index (χ0) is 23.3. The maximum Gasteiger partial charge on any atom is 0.265 e. The number of benzene rings is 3. The van der Waals surface area contributed by atoms with Crippen LogP contribution in [0.4, 0.5) is 5.69 Å². The smallest absolute Gasteiger partial charge is 0.265 e. The van der Waals surface area contributed by atoms with E-state index in [0.29, 0.717) is 11.4 Å². The molecule has 9 heteroatoms. The second-order valence-electron chi connectivity index (χ2n) is 6.80. The molecule has 0 fully saturated rings. The molecule has 0 heterocycles. The van der Waals surface area contributed by atoms with Gasteiger partial charge in [0.2, 0.25) is 0 Å². The van der Waals surface area contributed by atoms with Gasteiger partial charge in [0, 0.05) is 13.1 Å². The Morgan fingerprint density at radius 3 is 2.25 bits per heavy atom. The molecule has 0 spiro atoms. The van der Waals surface area contributed by atoms with Crippen molar-refractivity contribution in [1.82, 2.24) is 5.32 Å². The number of hydrogen-bond acceptors (Lipinski definition) is 4. The van der Waals surface area contributed by atoms with Crippen LogP contribution in [0.3, 0.4) is 0 Å². The van der Waals surface area contributed by atoms with Crippen molar-refractivity contribution in [2.75, 3.05) is 18.0 Å². The number of ether oxygens (including phenoxy) is 1. The maximum absolute atomic E-state index is 13.4. The maximum atomic E-state index is 13.4. The Labute approximate surface area is 197 Å². The molecule has 0 aliphatic carbocycles. The second-order valence-corrected chi connectivity index (χ2v) is 9.44. The third kappa shape index (κ3) is 5.18. The van der Waals surface area contributed by atoms with E-state index in [2.05, 4.69) is 5.32 Å². The van der Waals surface area contributed by atoms with E-state index >= 15 is 0 Å². The molecule has 0 atom stereocenters. The molecular weight excluding hydrogens is 471 g/mol. The fraction of sp³-hybridized carbons (Fsp3) is 0.174. The van der Waals surface area contributed by atoms with Crippen LogP contribution >= 0.6 is 23.2 Å². The zero-order valence-electron chi connectivity index (χ0n) is 17.5. The lowest BCUT2D eigenvalue weighted by atomic mass is 10.2. The van der Waals surface area contributed by atoms with Crippen LogP contribution in [0.5, 0.6) is 5.75 Å². The van der Waals surface area contributed by atoms with Gasteiger partial charge in [-0.1, -0.05) is 53.5 Å². The van der Waals surface area contributed by atoms with Crippen LogP contribution in [-0.2, 0) is 16.6 Å². The first-order valence-corrected chi connectivity index (χ1v) is 12.0. The minimum atomic E-state index is -4.03. The summed E-state index contributed by atoms with van der Waals surface area (Å²) < 4.78 is 33.1. The summed E-state index contributed by atoms with van der Waals surface area (Å²) in [4.78, 5) is 12.6. The van der Waals surface area contributed by atoms with Crippen molar-refractivity contribution in [3.63, 3.8) is 0 Å². The molecule has 0 aliphatic rings. The highest BCUT2D eigenvalue weighted by Gasteiger charge is 2.28. The average Bonchev–Trinajstić information content (AvgIpc) is 2.78. The van der Waals surface area contributed by atoms with Gasteiger partial charge < -0.3 is 10.1 Å². The van der Waals surface area contributed by atoms with Crippen LogP contribution in [0, 0.1) is 0 Å². The molecule has 168 valence electrons. The van der Waals surface area contributed by atoms with E-state index in [9.17, 15) is 13.2 Å². The predicted molar refractivity (Wildman–Crippen MR) is 127 cm³/mol. The SMILES string of the molecule is CCN(c1ccccc1)S(=O)(=O)c1cc(C(=O)NCc2ccc(OC)cc2)c(Cl)cc1Cl. The highest BCUT2D eigenvalue weighted by molar-refractivity contribution is 7.93. The lowest BCUT2D eigenvalue weighted by Gasteiger charge is -2.24. The van der Waals surface area contributed by atoms with Crippen LogP contribution in [0.15, 0.2) is 71.6 Å². The van der Waals surface area contributed by atoms with Gasteiger partial charge in [-0.15, -0.1) is 0 Å². The van der Waals surface area contributed by atoms with Crippen molar-refractivity contribution in [3.8, 4) is 5.75 Å². The van der Waals surface area contributed by atoms with Crippen molar-refractivity contribution in [1.29, 1.82) is 0 Å². The number of rotatable bonds is 8. The van der Waals surface area contributed by atoms with Gasteiger partial charge in [-0.2, -0.15) is 0 Å². The van der Waals surface area contributed by atoms with Crippen molar-refractivity contribution in [2.45, 2.75) is 18.4 Å². The van der Waals surface area contributed by atoms with Crippen molar-refractivity contribution < 1.29 is 17.9 Å². The number of nitrogens with one attached hydrogen (secondary N) is 1. The third-order valence-electron chi connectivity index (χ3n) is 4.78. The Kier molecular flexibility index (Phi) is 7.66. The van der Waals surface area contributed by atoms with E-state index in [1.807, 2.05) is 12.1 Å². The molecule has 0 saturated heterocycles. The summed E-state index contributed by atoms with van der Waals surface area (Å²) in [6, 6.07) is 18.4. The number of amides is 1. The molecule has 0 bridgehead atoms. The highest BCUT2D eigenvalue weighted by Crippen LogP contribution is 2.32. The van der Waals surface area contributed by atoms with E-state index in [1.54, 1.807) is 56.5 Å². The summed E-state index contributed by atoms with van der Waals surface area (Å²) in [5.74, 6) is 0.191. The molecule has 1 amide bonds. The van der Waals surface area contributed by atoms with Gasteiger partial charge in [0.25, 0.3) is 15.9 Å². The van der Waals surface area contributed by atoms with Gasteiger partial charge in [0.1, 0.15) is 10.6 Å². The molecule has 1 N–H and O–H groups in total. The number of carbonyl (C=O) groups excluding carboxylic acids is 1. The van der Waals surface area contributed by atoms with Gasteiger partial charge in [0.05, 0.1) is 28.4 Å². The molecule has 3 aromatic rings. The fourth-order valence-electron chi connectivity index (χ4n) is 3.13. The zero-order valence-corrected chi connectivity index (χ0v) is 19.8. The van der Waals surface area contributed by atoms with Gasteiger partial charge in [-0.3, -0.25) is 9.10 Å². The van der Waals surface area contributed by atoms with Crippen LogP contribution < -0.4 is 14.4 Å². The molecule has 0 aliphatic heterocycles. The molecule has 0 saturated carbocycles. The quantitative estimate of drug-likeness (QED) is 0.471. The van der Waals surface area contributed by atoms with E-state index in [-0.39, 0.29) is 33.6 Å². The van der Waals surface area contributed by atoms with Gasteiger partial charge in [-0.25, -0.2) is 8.42 Å². The number of halogens is 2. The van der Waals surface area contributed by atoms with Crippen molar-refractivity contribution >= 4 is 44.8 Å². The largest absolute Gasteiger partial charge is 0.497 e. The number of carbonyl (C=O) groups is 1. The summed E-state index contributed by atoms with van der Waals surface area (Å²) in [5.41, 5.74) is 1.36. The number of hydrogen-bond donors (Lipinski definition) is 1. The first kappa shape index (κ1) is 23.9. The minimum Gasteiger partial charge on any atom is -0.497 e. The Morgan fingerprint density at radius 1 is 1.00 bits per heavy atom. The summed E-state index contributed by atoms with van der Waals surface area (Å²) in [5, 5.41) is 2.75. The van der Waals surface area contributed by atoms with Crippen molar-refractivity contribution in [3.05, 3.63) is 87.9 Å². The lowest BCUT2D eigenvalue weighted by Crippen LogP contribution is -2.31. The lowest BCUT2D eigenvalue weighted by molar-refractivity contribution is 0.0951. The Hall–Kier alpha value is -2.74. The van der Waals surface area contributed by atoms with E-state index in [4.69, 9.17) is 27.9 Å². The summed E-state index contributed by atoms with van der Waals surface area (Å²) in [6.45, 7) is 2.14. The number of nitrogens with zero attached hydrogens (tertiary/aromatic N) is 1. The van der Waals surface area contributed by atoms with Crippen molar-refractivity contribution in [2.24, 2.45) is 0 Å². The van der Waals surface area contributed by atoms with Crippen LogP contribution in [0.2, 0.25) is 10.0 Å². The number of methoxy groups -OCH3 is 1. The number of sulfonamides is 1. The normalized spacial score (nSPS) is 11.1. The van der Waals surface area contributed by atoms with E-state index in [1.165, 1.54) is 16.4 Å². The Bertz CT molecular complexity index is 1200. The highest BCUT2D eigenvalue weighted by atomic mass is 35.5. The molecule has 0 unspecified atom stereocenters. The van der Waals surface area contributed by atoms with E-state index in [0.717, 1.165) is 5.56 Å². The summed E-state index contributed by atoms with van der Waals surface area (Å²) >= 11 is 12.5. The molecule has 3 rings (SSSR count). The van der Waals surface area contributed by atoms with Crippen LogP contribution in [0.1, 0.15) is 22.8 Å². The molecule has 32 heavy (non-hydrogen) atoms. The fourth-order valence-corrected chi connectivity index (χ4v) is 5.44. The van der Waals surface area contributed by atoms with Crippen LogP contribution in [0.25, 0.3) is 0 Å². The average molecular weight is 493 g/mol. The molecule has 6 nitrogen and oxygen atoms in total. The van der Waals surface area contributed by atoms with Gasteiger partial charge >= 0.3 is 0 Å². The molecule has 0 radical (unpaired) electrons. The summed E-state index contributed by atoms with van der Waals surface area (Å²) in [7, 11) is -2.46. The van der Waals surface area contributed by atoms with Crippen LogP contribution in [-0.4, -0.2) is 28.0 Å². The molecule has 3 aromatic carbocycles. The monoisotopic (exact) mass is 492 g/mol. The third-order valence-corrected chi connectivity index (χ3v) is 7.46.